The molecule has 1 atom stereocenters. The van der Waals surface area contributed by atoms with Gasteiger partial charge in [0.15, 0.2) is 0 Å². The first-order valence-electron chi connectivity index (χ1n) is 12.1. The van der Waals surface area contributed by atoms with Crippen LogP contribution >= 0.6 is 0 Å². The first-order valence-corrected chi connectivity index (χ1v) is 13.5. The molecule has 0 bridgehead atoms. The molecule has 2 amide bonds. The second-order valence-electron chi connectivity index (χ2n) is 8.85. The summed E-state index contributed by atoms with van der Waals surface area (Å²) in [6.07, 6.45) is -0.421. The van der Waals surface area contributed by atoms with E-state index >= 15 is 0 Å². The summed E-state index contributed by atoms with van der Waals surface area (Å²) in [6.45, 7) is 3.11. The lowest BCUT2D eigenvalue weighted by molar-refractivity contribution is -0.139. The second kappa shape index (κ2) is 12.2. The SMILES string of the molecule is CCN(CCC(O)(Cc1ccccc1)C(=O)NC(=O)c1cccc(O)c1C)S(=O)(=O)c1ccc(OC)cc1. The zero-order valence-corrected chi connectivity index (χ0v) is 22.4. The van der Waals surface area contributed by atoms with Gasteiger partial charge in [0.05, 0.1) is 12.0 Å². The molecule has 3 rings (SSSR count). The fraction of sp³-hybridized carbons (Fsp3) is 0.286. The van der Waals surface area contributed by atoms with Crippen LogP contribution in [0.4, 0.5) is 0 Å². The Hall–Kier alpha value is -3.73. The van der Waals surface area contributed by atoms with E-state index in [1.54, 1.807) is 37.3 Å². The average Bonchev–Trinajstić information content (AvgIpc) is 2.91. The monoisotopic (exact) mass is 540 g/mol. The van der Waals surface area contributed by atoms with Gasteiger partial charge in [0.2, 0.25) is 10.0 Å². The van der Waals surface area contributed by atoms with Gasteiger partial charge in [-0.15, -0.1) is 0 Å². The number of sulfonamides is 1. The van der Waals surface area contributed by atoms with Gasteiger partial charge < -0.3 is 14.9 Å². The fourth-order valence-electron chi connectivity index (χ4n) is 4.03. The zero-order chi connectivity index (χ0) is 27.9. The van der Waals surface area contributed by atoms with Crippen molar-refractivity contribution >= 4 is 21.8 Å². The number of carbonyl (C=O) groups excluding carboxylic acids is 2. The van der Waals surface area contributed by atoms with Crippen molar-refractivity contribution in [1.29, 1.82) is 0 Å². The molecule has 0 aromatic heterocycles. The van der Waals surface area contributed by atoms with E-state index in [9.17, 15) is 28.2 Å². The van der Waals surface area contributed by atoms with Gasteiger partial charge in [-0.05, 0) is 55.3 Å². The van der Waals surface area contributed by atoms with Gasteiger partial charge in [-0.1, -0.05) is 43.3 Å². The van der Waals surface area contributed by atoms with Crippen LogP contribution in [0.2, 0.25) is 0 Å². The molecule has 3 aromatic carbocycles. The molecule has 38 heavy (non-hydrogen) atoms. The number of aromatic hydroxyl groups is 1. The number of phenols is 1. The Morgan fingerprint density at radius 2 is 1.66 bits per heavy atom. The minimum Gasteiger partial charge on any atom is -0.508 e. The summed E-state index contributed by atoms with van der Waals surface area (Å²) in [4.78, 5) is 26.2. The Morgan fingerprint density at radius 3 is 2.26 bits per heavy atom. The van der Waals surface area contributed by atoms with E-state index in [-0.39, 0.29) is 47.7 Å². The Labute approximate surface area is 222 Å². The maximum Gasteiger partial charge on any atom is 0.259 e. The van der Waals surface area contributed by atoms with Gasteiger partial charge >= 0.3 is 0 Å². The van der Waals surface area contributed by atoms with Crippen molar-refractivity contribution in [3.63, 3.8) is 0 Å². The van der Waals surface area contributed by atoms with E-state index in [0.29, 0.717) is 11.3 Å². The van der Waals surface area contributed by atoms with E-state index in [1.807, 2.05) is 0 Å². The van der Waals surface area contributed by atoms with Crippen LogP contribution in [-0.2, 0) is 21.2 Å². The molecule has 202 valence electrons. The number of rotatable bonds is 11. The van der Waals surface area contributed by atoms with E-state index in [4.69, 9.17) is 4.74 Å². The highest BCUT2D eigenvalue weighted by atomic mass is 32.2. The number of amides is 2. The standard InChI is InChI=1S/C28H32N2O7S/c1-4-30(38(35,36)23-15-13-22(37-3)14-16-23)18-17-28(34,19-21-9-6-5-7-10-21)27(33)29-26(32)24-11-8-12-25(31)20(24)2/h5-16,31,34H,4,17-19H2,1-3H3,(H,29,32,33). The first-order chi connectivity index (χ1) is 18.0. The Balaban J connectivity index is 1.86. The number of phenolic OH excluding ortho intramolecular Hbond substituents is 1. The lowest BCUT2D eigenvalue weighted by atomic mass is 9.90. The Bertz CT molecular complexity index is 1380. The molecule has 0 saturated heterocycles. The van der Waals surface area contributed by atoms with Crippen molar-refractivity contribution in [2.45, 2.75) is 37.2 Å². The summed E-state index contributed by atoms with van der Waals surface area (Å²) >= 11 is 0. The van der Waals surface area contributed by atoms with E-state index < -0.39 is 27.4 Å². The van der Waals surface area contributed by atoms with Crippen molar-refractivity contribution in [3.8, 4) is 11.5 Å². The maximum absolute atomic E-state index is 13.3. The van der Waals surface area contributed by atoms with Crippen LogP contribution in [0, 0.1) is 6.92 Å². The van der Waals surface area contributed by atoms with Crippen molar-refractivity contribution in [3.05, 3.63) is 89.5 Å². The highest BCUT2D eigenvalue weighted by Gasteiger charge is 2.39. The van der Waals surface area contributed by atoms with Gasteiger partial charge in [0.25, 0.3) is 11.8 Å². The van der Waals surface area contributed by atoms with Crippen molar-refractivity contribution in [1.82, 2.24) is 9.62 Å². The molecule has 9 nitrogen and oxygen atoms in total. The molecule has 0 fully saturated rings. The van der Waals surface area contributed by atoms with E-state index in [1.165, 1.54) is 60.8 Å². The summed E-state index contributed by atoms with van der Waals surface area (Å²) in [7, 11) is -2.45. The highest BCUT2D eigenvalue weighted by Crippen LogP contribution is 2.24. The number of carbonyl (C=O) groups is 2. The van der Waals surface area contributed by atoms with Crippen LogP contribution in [0.25, 0.3) is 0 Å². The Kier molecular flexibility index (Phi) is 9.26. The predicted molar refractivity (Wildman–Crippen MR) is 142 cm³/mol. The topological polar surface area (TPSA) is 133 Å². The van der Waals surface area contributed by atoms with Gasteiger partial charge in [-0.2, -0.15) is 4.31 Å². The molecule has 3 aromatic rings. The number of methoxy groups -OCH3 is 1. The summed E-state index contributed by atoms with van der Waals surface area (Å²) in [5.74, 6) is -1.35. The highest BCUT2D eigenvalue weighted by molar-refractivity contribution is 7.89. The van der Waals surface area contributed by atoms with Crippen LogP contribution in [0.1, 0.15) is 34.8 Å². The summed E-state index contributed by atoms with van der Waals surface area (Å²) in [6, 6.07) is 19.0. The number of imide groups is 1. The largest absolute Gasteiger partial charge is 0.508 e. The number of hydrogen-bond acceptors (Lipinski definition) is 7. The van der Waals surface area contributed by atoms with Gasteiger partial charge in [0, 0.05) is 30.6 Å². The molecular formula is C28H32N2O7S. The second-order valence-corrected chi connectivity index (χ2v) is 10.8. The van der Waals surface area contributed by atoms with Gasteiger partial charge in [-0.3, -0.25) is 14.9 Å². The van der Waals surface area contributed by atoms with Crippen LogP contribution < -0.4 is 10.1 Å². The van der Waals surface area contributed by atoms with Crippen molar-refractivity contribution in [2.75, 3.05) is 20.2 Å². The molecule has 0 aliphatic heterocycles. The summed E-state index contributed by atoms with van der Waals surface area (Å²) < 4.78 is 32.8. The van der Waals surface area contributed by atoms with Crippen LogP contribution in [0.15, 0.2) is 77.7 Å². The molecule has 0 radical (unpaired) electrons. The molecule has 0 heterocycles. The number of aliphatic hydroxyl groups is 1. The van der Waals surface area contributed by atoms with Gasteiger partial charge in [-0.25, -0.2) is 8.42 Å². The maximum atomic E-state index is 13.3. The minimum absolute atomic E-state index is 0.0470. The number of nitrogens with zero attached hydrogens (tertiary/aromatic N) is 1. The fourth-order valence-corrected chi connectivity index (χ4v) is 5.48. The van der Waals surface area contributed by atoms with Crippen molar-refractivity contribution < 1.29 is 33.0 Å². The Morgan fingerprint density at radius 1 is 1.00 bits per heavy atom. The summed E-state index contributed by atoms with van der Waals surface area (Å²) in [5.41, 5.74) is -1.11. The predicted octanol–water partition coefficient (Wildman–Crippen LogP) is 3.04. The summed E-state index contributed by atoms with van der Waals surface area (Å²) in [5, 5.41) is 23.7. The van der Waals surface area contributed by atoms with E-state index in [2.05, 4.69) is 5.32 Å². The molecule has 1 unspecified atom stereocenters. The van der Waals surface area contributed by atoms with Gasteiger partial charge in [0.1, 0.15) is 17.1 Å². The van der Waals surface area contributed by atoms with Crippen molar-refractivity contribution in [2.24, 2.45) is 0 Å². The lowest BCUT2D eigenvalue weighted by Crippen LogP contribution is -2.52. The van der Waals surface area contributed by atoms with Crippen LogP contribution in [-0.4, -0.2) is 60.6 Å². The molecule has 0 aliphatic rings. The smallest absolute Gasteiger partial charge is 0.259 e. The molecule has 3 N–H and O–H groups in total. The van der Waals surface area contributed by atoms with E-state index in [0.717, 1.165) is 0 Å². The zero-order valence-electron chi connectivity index (χ0n) is 21.5. The molecule has 10 heteroatoms. The normalized spacial score (nSPS) is 13.1. The molecule has 0 spiro atoms. The number of nitrogens with one attached hydrogen (secondary N) is 1. The third-order valence-electron chi connectivity index (χ3n) is 6.36. The number of ether oxygens (including phenoxy) is 1. The average molecular weight is 541 g/mol. The molecular weight excluding hydrogens is 508 g/mol. The third-order valence-corrected chi connectivity index (χ3v) is 8.35. The molecule has 0 saturated carbocycles. The quantitative estimate of drug-likeness (QED) is 0.340. The first kappa shape index (κ1) is 28.8. The lowest BCUT2D eigenvalue weighted by Gasteiger charge is -2.30. The van der Waals surface area contributed by atoms with Crippen LogP contribution in [0.3, 0.4) is 0 Å². The molecule has 0 aliphatic carbocycles. The van der Waals surface area contributed by atoms with Crippen LogP contribution in [0.5, 0.6) is 11.5 Å². The minimum atomic E-state index is -3.93. The number of benzene rings is 3. The number of hydrogen-bond donors (Lipinski definition) is 3. The third kappa shape index (κ3) is 6.58.